The van der Waals surface area contributed by atoms with Gasteiger partial charge in [-0.2, -0.15) is 0 Å². The average Bonchev–Trinajstić information content (AvgIpc) is 3.14. The van der Waals surface area contributed by atoms with E-state index in [1.807, 2.05) is 0 Å². The molecule has 148 valence electrons. The summed E-state index contributed by atoms with van der Waals surface area (Å²) in [6.45, 7) is 3.44. The minimum atomic E-state index is -0.884. The Morgan fingerprint density at radius 2 is 1.86 bits per heavy atom. The maximum atomic E-state index is 12.2. The molecule has 4 atom stereocenters. The van der Waals surface area contributed by atoms with Crippen molar-refractivity contribution in [2.45, 2.75) is 44.2 Å². The van der Waals surface area contributed by atoms with Crippen LogP contribution >= 0.6 is 0 Å². The van der Waals surface area contributed by atoms with Crippen molar-refractivity contribution in [1.29, 1.82) is 0 Å². The van der Waals surface area contributed by atoms with E-state index in [0.29, 0.717) is 5.56 Å². The van der Waals surface area contributed by atoms with E-state index in [-0.39, 0.29) is 6.61 Å². The lowest BCUT2D eigenvalue weighted by Crippen LogP contribution is -2.37. The zero-order chi connectivity index (χ0) is 19.9. The molecule has 2 aliphatic heterocycles. The summed E-state index contributed by atoms with van der Waals surface area (Å²) in [5, 5.41) is 0. The number of nitrogens with zero attached hydrogens (tertiary/aromatic N) is 1. The largest absolute Gasteiger partial charge is 0.459 e. The van der Waals surface area contributed by atoms with Crippen LogP contribution in [-0.4, -0.2) is 46.2 Å². The van der Waals surface area contributed by atoms with E-state index in [4.69, 9.17) is 18.9 Å². The third kappa shape index (κ3) is 3.51. The molecular formula is C19H20N2O7. The van der Waals surface area contributed by atoms with Gasteiger partial charge in [-0.05, 0) is 26.0 Å². The molecule has 0 aliphatic carbocycles. The standard InChI is InChI=1S/C19H20N2O7/c1-19(2)27-14-12(10-25-17(23)11-6-4-3-5-7-11)26-16(15(14)28-19)21-9-8-13(22)20-18(21)24/h3-9,12,14-16H,10H2,1-2H3,(H,20,22,24). The Morgan fingerprint density at radius 1 is 1.14 bits per heavy atom. The lowest BCUT2D eigenvalue weighted by atomic mass is 10.1. The molecule has 0 radical (unpaired) electrons. The van der Waals surface area contributed by atoms with E-state index in [0.717, 1.165) is 0 Å². The average molecular weight is 388 g/mol. The molecule has 0 amide bonds. The van der Waals surface area contributed by atoms with E-state index in [1.165, 1.54) is 16.8 Å². The smallest absolute Gasteiger partial charge is 0.338 e. The van der Waals surface area contributed by atoms with Crippen molar-refractivity contribution in [1.82, 2.24) is 9.55 Å². The lowest BCUT2D eigenvalue weighted by molar-refractivity contribution is -0.200. The van der Waals surface area contributed by atoms with Crippen LogP contribution in [0.4, 0.5) is 0 Å². The first-order chi connectivity index (χ1) is 13.3. The zero-order valence-electron chi connectivity index (χ0n) is 15.4. The Labute approximate surface area is 159 Å². The lowest BCUT2D eigenvalue weighted by Gasteiger charge is -2.24. The van der Waals surface area contributed by atoms with Crippen molar-refractivity contribution < 1.29 is 23.7 Å². The highest BCUT2D eigenvalue weighted by Crippen LogP contribution is 2.42. The molecule has 0 bridgehead atoms. The van der Waals surface area contributed by atoms with E-state index in [1.54, 1.807) is 44.2 Å². The Morgan fingerprint density at radius 3 is 2.57 bits per heavy atom. The Bertz CT molecular complexity index is 982. The Kier molecular flexibility index (Phi) is 4.66. The van der Waals surface area contributed by atoms with E-state index < -0.39 is 47.5 Å². The summed E-state index contributed by atoms with van der Waals surface area (Å²) in [6.07, 6.45) is -1.25. The number of hydrogen-bond donors (Lipinski definition) is 1. The predicted octanol–water partition coefficient (Wildman–Crippen LogP) is 0.811. The van der Waals surface area contributed by atoms with Gasteiger partial charge in [0, 0.05) is 12.3 Å². The summed E-state index contributed by atoms with van der Waals surface area (Å²) in [7, 11) is 0. The summed E-state index contributed by atoms with van der Waals surface area (Å²) < 4.78 is 24.4. The number of carbonyl (C=O) groups is 1. The van der Waals surface area contributed by atoms with Gasteiger partial charge in [0.05, 0.1) is 5.56 Å². The molecule has 1 aromatic heterocycles. The topological polar surface area (TPSA) is 109 Å². The normalized spacial score (nSPS) is 28.1. The number of H-pyrrole nitrogens is 1. The molecule has 3 heterocycles. The van der Waals surface area contributed by atoms with E-state index >= 15 is 0 Å². The van der Waals surface area contributed by atoms with Gasteiger partial charge in [-0.25, -0.2) is 9.59 Å². The molecule has 2 saturated heterocycles. The molecular weight excluding hydrogens is 368 g/mol. The van der Waals surface area contributed by atoms with Gasteiger partial charge in [0.25, 0.3) is 5.56 Å². The van der Waals surface area contributed by atoms with E-state index in [2.05, 4.69) is 4.98 Å². The van der Waals surface area contributed by atoms with Gasteiger partial charge in [-0.1, -0.05) is 18.2 Å². The number of carbonyl (C=O) groups excluding carboxylic acids is 1. The van der Waals surface area contributed by atoms with Crippen LogP contribution < -0.4 is 11.2 Å². The molecule has 0 saturated carbocycles. The maximum absolute atomic E-state index is 12.2. The van der Waals surface area contributed by atoms with Crippen molar-refractivity contribution in [2.75, 3.05) is 6.61 Å². The first kappa shape index (κ1) is 18.6. The van der Waals surface area contributed by atoms with Crippen LogP contribution in [0.2, 0.25) is 0 Å². The van der Waals surface area contributed by atoms with Crippen molar-refractivity contribution in [3.8, 4) is 0 Å². The van der Waals surface area contributed by atoms with Crippen molar-refractivity contribution in [3.63, 3.8) is 0 Å². The fourth-order valence-electron chi connectivity index (χ4n) is 3.46. The molecule has 2 aliphatic rings. The molecule has 2 aromatic rings. The van der Waals surface area contributed by atoms with Gasteiger partial charge < -0.3 is 18.9 Å². The summed E-state index contributed by atoms with van der Waals surface area (Å²) in [4.78, 5) is 37.9. The number of rotatable bonds is 4. The first-order valence-corrected chi connectivity index (χ1v) is 8.89. The highest BCUT2D eigenvalue weighted by molar-refractivity contribution is 5.89. The van der Waals surface area contributed by atoms with Crippen LogP contribution in [0.15, 0.2) is 52.2 Å². The molecule has 4 rings (SSSR count). The first-order valence-electron chi connectivity index (χ1n) is 8.89. The number of aromatic amines is 1. The molecule has 0 spiro atoms. The molecule has 1 aromatic carbocycles. The molecule has 2 fully saturated rings. The van der Waals surface area contributed by atoms with Gasteiger partial charge in [0.1, 0.15) is 24.9 Å². The molecule has 4 unspecified atom stereocenters. The third-order valence-corrected chi connectivity index (χ3v) is 4.64. The van der Waals surface area contributed by atoms with Crippen molar-refractivity contribution >= 4 is 5.97 Å². The quantitative estimate of drug-likeness (QED) is 0.772. The number of esters is 1. The zero-order valence-corrected chi connectivity index (χ0v) is 15.4. The Hall–Kier alpha value is -2.75. The summed E-state index contributed by atoms with van der Waals surface area (Å²) >= 11 is 0. The fraction of sp³-hybridized carbons (Fsp3) is 0.421. The second-order valence-corrected chi connectivity index (χ2v) is 7.11. The molecule has 9 nitrogen and oxygen atoms in total. The minimum Gasteiger partial charge on any atom is -0.459 e. The highest BCUT2D eigenvalue weighted by atomic mass is 16.8. The van der Waals surface area contributed by atoms with Crippen LogP contribution in [0.3, 0.4) is 0 Å². The summed E-state index contributed by atoms with van der Waals surface area (Å²) in [6, 6.07) is 9.83. The molecule has 9 heteroatoms. The van der Waals surface area contributed by atoms with Crippen LogP contribution in [-0.2, 0) is 18.9 Å². The van der Waals surface area contributed by atoms with E-state index in [9.17, 15) is 14.4 Å². The summed E-state index contributed by atoms with van der Waals surface area (Å²) in [5.41, 5.74) is -0.700. The van der Waals surface area contributed by atoms with Crippen molar-refractivity contribution in [2.24, 2.45) is 0 Å². The number of fused-ring (bicyclic) bond motifs is 1. The number of hydrogen-bond acceptors (Lipinski definition) is 7. The van der Waals surface area contributed by atoms with Crippen molar-refractivity contribution in [3.05, 3.63) is 69.0 Å². The van der Waals surface area contributed by atoms with Gasteiger partial charge in [-0.15, -0.1) is 0 Å². The predicted molar refractivity (Wildman–Crippen MR) is 95.8 cm³/mol. The van der Waals surface area contributed by atoms with Crippen LogP contribution in [0.25, 0.3) is 0 Å². The number of nitrogens with one attached hydrogen (secondary N) is 1. The Balaban J connectivity index is 1.54. The highest BCUT2D eigenvalue weighted by Gasteiger charge is 2.56. The monoisotopic (exact) mass is 388 g/mol. The number of ether oxygens (including phenoxy) is 4. The minimum absolute atomic E-state index is 0.0665. The number of benzene rings is 1. The molecule has 28 heavy (non-hydrogen) atoms. The molecule has 1 N–H and O–H groups in total. The third-order valence-electron chi connectivity index (χ3n) is 4.64. The second kappa shape index (κ2) is 7.01. The maximum Gasteiger partial charge on any atom is 0.338 e. The summed E-state index contributed by atoms with van der Waals surface area (Å²) in [5.74, 6) is -1.37. The fourth-order valence-corrected chi connectivity index (χ4v) is 3.46. The van der Waals surface area contributed by atoms with Gasteiger partial charge in [0.2, 0.25) is 0 Å². The van der Waals surface area contributed by atoms with Crippen LogP contribution in [0.5, 0.6) is 0 Å². The van der Waals surface area contributed by atoms with Gasteiger partial charge >= 0.3 is 11.7 Å². The van der Waals surface area contributed by atoms with Gasteiger partial charge in [-0.3, -0.25) is 14.3 Å². The second-order valence-electron chi connectivity index (χ2n) is 7.11. The van der Waals surface area contributed by atoms with Crippen LogP contribution in [0.1, 0.15) is 30.4 Å². The van der Waals surface area contributed by atoms with Gasteiger partial charge in [0.15, 0.2) is 12.0 Å². The SMILES string of the molecule is CC1(C)OC2C(COC(=O)c3ccccc3)OC(n3ccc(=O)[nH]c3=O)C2O1. The number of aromatic nitrogens is 2. The van der Waals surface area contributed by atoms with Crippen LogP contribution in [0, 0.1) is 0 Å².